The van der Waals surface area contributed by atoms with Gasteiger partial charge in [-0.1, -0.05) is 135 Å². The fourth-order valence-electron chi connectivity index (χ4n) is 7.17. The van der Waals surface area contributed by atoms with Gasteiger partial charge >= 0.3 is 24.0 Å². The summed E-state index contributed by atoms with van der Waals surface area (Å²) in [5.74, 6) is -3.71. The molecule has 70 heavy (non-hydrogen) atoms. The third-order valence-electron chi connectivity index (χ3n) is 10.9. The minimum atomic E-state index is -4.25. The fourth-order valence-corrected chi connectivity index (χ4v) is 7.89. The van der Waals surface area contributed by atoms with Crippen molar-refractivity contribution in [2.45, 2.75) is 94.3 Å². The first-order chi connectivity index (χ1) is 32.4. The third kappa shape index (κ3) is 22.5. The zero-order valence-electron chi connectivity index (χ0n) is 41.5. The van der Waals surface area contributed by atoms with Gasteiger partial charge in [-0.2, -0.15) is 16.8 Å². The molecular formula is C50H68N4O14S2. The second-order valence-electron chi connectivity index (χ2n) is 18.1. The number of rotatable bonds is 22. The number of amides is 4. The Morgan fingerprint density at radius 1 is 0.557 bits per heavy atom. The van der Waals surface area contributed by atoms with Crippen molar-refractivity contribution in [3.05, 3.63) is 130 Å². The molecule has 0 saturated carbocycles. The van der Waals surface area contributed by atoms with Crippen LogP contribution in [0.4, 0.5) is 9.59 Å². The Morgan fingerprint density at radius 3 is 1.20 bits per heavy atom. The molecule has 0 heterocycles. The van der Waals surface area contributed by atoms with Gasteiger partial charge in [0.1, 0.15) is 13.1 Å². The predicted molar refractivity (Wildman–Crippen MR) is 268 cm³/mol. The number of hydrogen-bond donors (Lipinski definition) is 6. The van der Waals surface area contributed by atoms with Gasteiger partial charge in [-0.05, 0) is 74.7 Å². The number of nitrogens with one attached hydrogen (secondary N) is 4. The normalized spacial score (nSPS) is 19.8. The van der Waals surface area contributed by atoms with Crippen LogP contribution in [0, 0.1) is 10.8 Å². The highest BCUT2D eigenvalue weighted by Crippen LogP contribution is 2.42. The molecule has 0 saturated heterocycles. The van der Waals surface area contributed by atoms with Crippen molar-refractivity contribution in [1.29, 1.82) is 0 Å². The van der Waals surface area contributed by atoms with Crippen LogP contribution in [0.1, 0.15) is 82.1 Å². The van der Waals surface area contributed by atoms with Crippen molar-refractivity contribution in [2.24, 2.45) is 10.8 Å². The van der Waals surface area contributed by atoms with Crippen LogP contribution in [-0.4, -0.2) is 111 Å². The van der Waals surface area contributed by atoms with Crippen LogP contribution in [0.15, 0.2) is 130 Å². The summed E-state index contributed by atoms with van der Waals surface area (Å²) in [6.45, 7) is 17.2. The summed E-state index contributed by atoms with van der Waals surface area (Å²) in [5, 5.41) is 8.84. The van der Waals surface area contributed by atoms with Gasteiger partial charge in [0.15, 0.2) is 23.8 Å². The van der Waals surface area contributed by atoms with Crippen LogP contribution in [0.5, 0.6) is 0 Å². The van der Waals surface area contributed by atoms with Crippen molar-refractivity contribution in [2.75, 3.05) is 37.7 Å². The second kappa shape index (κ2) is 27.2. The van der Waals surface area contributed by atoms with Crippen molar-refractivity contribution in [3.8, 4) is 0 Å². The topological polar surface area (TPSA) is 278 Å². The third-order valence-corrected chi connectivity index (χ3v) is 12.3. The van der Waals surface area contributed by atoms with E-state index in [1.54, 1.807) is 13.8 Å². The van der Waals surface area contributed by atoms with Gasteiger partial charge < -0.3 is 30.7 Å². The molecule has 384 valence electrons. The number of esters is 2. The Bertz CT molecular complexity index is 2410. The zero-order valence-corrected chi connectivity index (χ0v) is 43.1. The monoisotopic (exact) mass is 1010 g/mol. The Morgan fingerprint density at radius 2 is 0.871 bits per heavy atom. The lowest BCUT2D eigenvalue weighted by Crippen LogP contribution is -2.43. The molecule has 2 atom stereocenters. The number of urea groups is 2. The molecule has 18 nitrogen and oxygen atoms in total. The summed E-state index contributed by atoms with van der Waals surface area (Å²) in [4.78, 5) is 74.8. The van der Waals surface area contributed by atoms with E-state index in [0.29, 0.717) is 11.1 Å². The maximum atomic E-state index is 13.2. The molecule has 0 aliphatic heterocycles. The van der Waals surface area contributed by atoms with E-state index in [1.807, 2.05) is 140 Å². The van der Waals surface area contributed by atoms with Crippen molar-refractivity contribution in [3.63, 3.8) is 0 Å². The van der Waals surface area contributed by atoms with E-state index in [0.717, 1.165) is 33.4 Å². The van der Waals surface area contributed by atoms with Crippen molar-refractivity contribution < 1.29 is 64.2 Å². The second-order valence-corrected chi connectivity index (χ2v) is 21.3. The maximum absolute atomic E-state index is 13.2. The minimum absolute atomic E-state index is 0.230. The highest BCUT2D eigenvalue weighted by molar-refractivity contribution is 7.86. The van der Waals surface area contributed by atoms with Crippen LogP contribution in [0.2, 0.25) is 0 Å². The lowest BCUT2D eigenvalue weighted by molar-refractivity contribution is -0.155. The number of carbonyl (C=O) groups is 6. The minimum Gasteiger partial charge on any atom is -0.453 e. The zero-order chi connectivity index (χ0) is 53.0. The standard InChI is InChI=1S/C50H68N4O14S2/c1-33(17-13-19-35(3)21-23-39-37(5)45(57)41(29-49(39,7)8)67-43(55)31-53-47(59)51-25-27-69(61,62)63)15-11-12-16-34(2)18-14-20-36(4)22-24-40-38(6)46(58)42(30-50(40,9)10)68-44(56)32-54-48(60)52-26-28-70(64,65)66/h11-24,41-42H,25-32H2,1-10H3,(H2,51,53,59)(H2,52,54,60)(H,61,62,63)(H,64,65,66). The lowest BCUT2D eigenvalue weighted by Gasteiger charge is -2.36. The first kappa shape index (κ1) is 59.9. The highest BCUT2D eigenvalue weighted by Gasteiger charge is 2.41. The molecule has 0 spiro atoms. The summed E-state index contributed by atoms with van der Waals surface area (Å²) in [6.07, 6.45) is 25.5. The summed E-state index contributed by atoms with van der Waals surface area (Å²) in [5.41, 5.74) is 5.42. The molecule has 0 bridgehead atoms. The molecule has 0 aromatic rings. The number of allylic oxidation sites excluding steroid dienone is 20. The Kier molecular flexibility index (Phi) is 23.3. The van der Waals surface area contributed by atoms with Gasteiger partial charge in [-0.25, -0.2) is 9.59 Å². The van der Waals surface area contributed by atoms with Gasteiger partial charge in [0.25, 0.3) is 20.2 Å². The van der Waals surface area contributed by atoms with Gasteiger partial charge in [0.05, 0.1) is 11.5 Å². The van der Waals surface area contributed by atoms with Crippen LogP contribution in [0.3, 0.4) is 0 Å². The molecule has 6 N–H and O–H groups in total. The molecule has 0 radical (unpaired) electrons. The average molecular weight is 1010 g/mol. The van der Waals surface area contributed by atoms with Gasteiger partial charge in [0, 0.05) is 25.9 Å². The van der Waals surface area contributed by atoms with Crippen LogP contribution >= 0.6 is 0 Å². The number of hydrogen-bond acceptors (Lipinski definition) is 12. The van der Waals surface area contributed by atoms with E-state index in [9.17, 15) is 45.6 Å². The summed E-state index contributed by atoms with van der Waals surface area (Å²) in [7, 11) is -8.51. The van der Waals surface area contributed by atoms with Gasteiger partial charge in [-0.3, -0.25) is 28.3 Å². The molecule has 0 aromatic heterocycles. The predicted octanol–water partition coefficient (Wildman–Crippen LogP) is 6.38. The molecule has 2 unspecified atom stereocenters. The maximum Gasteiger partial charge on any atom is 0.326 e. The molecule has 4 amide bonds. The van der Waals surface area contributed by atoms with E-state index in [4.69, 9.17) is 18.6 Å². The Labute approximate surface area is 412 Å². The number of ketones is 2. The van der Waals surface area contributed by atoms with Crippen molar-refractivity contribution >= 4 is 55.8 Å². The molecular weight excluding hydrogens is 945 g/mol. The smallest absolute Gasteiger partial charge is 0.326 e. The van der Waals surface area contributed by atoms with Crippen LogP contribution in [0.25, 0.3) is 0 Å². The molecule has 2 aliphatic carbocycles. The number of ether oxygens (including phenoxy) is 2. The van der Waals surface area contributed by atoms with E-state index in [1.165, 1.54) is 0 Å². The molecule has 0 aromatic carbocycles. The number of Topliss-reactive ketones (excluding diaryl/α,β-unsaturated/α-hetero) is 2. The van der Waals surface area contributed by atoms with Crippen LogP contribution < -0.4 is 21.3 Å². The molecule has 0 fully saturated rings. The van der Waals surface area contributed by atoms with E-state index in [2.05, 4.69) is 21.3 Å². The van der Waals surface area contributed by atoms with E-state index in [-0.39, 0.29) is 37.5 Å². The van der Waals surface area contributed by atoms with Gasteiger partial charge in [-0.15, -0.1) is 0 Å². The fraction of sp³-hybridized carbons (Fsp3) is 0.440. The molecule has 2 aliphatic rings. The van der Waals surface area contributed by atoms with Crippen LogP contribution in [-0.2, 0) is 48.9 Å². The summed E-state index contributed by atoms with van der Waals surface area (Å²) >= 11 is 0. The largest absolute Gasteiger partial charge is 0.453 e. The quantitative estimate of drug-likeness (QED) is 0.0390. The summed E-state index contributed by atoms with van der Waals surface area (Å²) in [6, 6.07) is -1.67. The van der Waals surface area contributed by atoms with E-state index < -0.39 is 91.9 Å². The first-order valence-corrected chi connectivity index (χ1v) is 25.5. The van der Waals surface area contributed by atoms with Gasteiger partial charge in [0.2, 0.25) is 0 Å². The molecule has 20 heteroatoms. The summed E-state index contributed by atoms with van der Waals surface area (Å²) < 4.78 is 71.4. The SMILES string of the molecule is CC(C=CC=C(C)C=CC1=C(C)C(=O)C(OC(=O)CNC(=O)NCCS(=O)(=O)O)CC1(C)C)=CC=CC=C(C)C=CC=C(C)C=CC1=C(C)C(=O)C(OC(=O)CNC(=O)NCCS(=O)(=O)O)CC1(C)C. The van der Waals surface area contributed by atoms with Crippen molar-refractivity contribution in [1.82, 2.24) is 21.3 Å². The number of carbonyl (C=O) groups excluding carboxylic acids is 6. The Balaban J connectivity index is 1.93. The highest BCUT2D eigenvalue weighted by atomic mass is 32.2. The molecule has 2 rings (SSSR count). The average Bonchev–Trinajstić information content (AvgIpc) is 3.23. The first-order valence-electron chi connectivity index (χ1n) is 22.3. The lowest BCUT2D eigenvalue weighted by atomic mass is 9.71. The Hall–Kier alpha value is -6.22. The van der Waals surface area contributed by atoms with E-state index >= 15 is 0 Å².